The van der Waals surface area contributed by atoms with E-state index in [-0.39, 0.29) is 25.7 Å². The van der Waals surface area contributed by atoms with Gasteiger partial charge in [0.25, 0.3) is 0 Å². The van der Waals surface area contributed by atoms with Crippen LogP contribution in [0.25, 0.3) is 0 Å². The molecule has 1 saturated heterocycles. The molecular weight excluding hydrogens is 348 g/mol. The first-order valence-corrected chi connectivity index (χ1v) is 8.78. The second kappa shape index (κ2) is 10.7. The van der Waals surface area contributed by atoms with E-state index in [0.717, 1.165) is 0 Å². The van der Waals surface area contributed by atoms with Crippen LogP contribution in [0.3, 0.4) is 0 Å². The molecule has 0 radical (unpaired) electrons. The first-order valence-electron chi connectivity index (χ1n) is 8.78. The van der Waals surface area contributed by atoms with Crippen molar-refractivity contribution in [1.82, 2.24) is 0 Å². The predicted octanol–water partition coefficient (Wildman–Crippen LogP) is 1.56. The summed E-state index contributed by atoms with van der Waals surface area (Å²) >= 11 is 0. The van der Waals surface area contributed by atoms with E-state index in [9.17, 15) is 24.3 Å². The molecule has 9 nitrogen and oxygen atoms in total. The normalized spacial score (nSPS) is 25.2. The van der Waals surface area contributed by atoms with E-state index in [1.54, 1.807) is 20.8 Å². The summed E-state index contributed by atoms with van der Waals surface area (Å²) in [4.78, 5) is 46.7. The Balaban J connectivity index is 2.99. The van der Waals surface area contributed by atoms with Crippen LogP contribution < -0.4 is 0 Å². The molecule has 1 heterocycles. The number of esters is 3. The molecule has 1 rings (SSSR count). The lowest BCUT2D eigenvalue weighted by Gasteiger charge is -2.38. The summed E-state index contributed by atoms with van der Waals surface area (Å²) < 4.78 is 20.8. The number of carboxylic acid groups (broad SMARTS) is 1. The Kier molecular flexibility index (Phi) is 9.04. The second-order valence-electron chi connectivity index (χ2n) is 5.89. The molecule has 0 aliphatic carbocycles. The van der Waals surface area contributed by atoms with Crippen LogP contribution in [-0.4, -0.2) is 53.6 Å². The fourth-order valence-electron chi connectivity index (χ4n) is 2.42. The average Bonchev–Trinajstić information content (AvgIpc) is 2.56. The van der Waals surface area contributed by atoms with Gasteiger partial charge in [0.1, 0.15) is 6.10 Å². The van der Waals surface area contributed by atoms with Crippen LogP contribution in [0.1, 0.15) is 59.3 Å². The van der Waals surface area contributed by atoms with Crippen LogP contribution in [-0.2, 0) is 38.1 Å². The minimum Gasteiger partial charge on any atom is -0.479 e. The van der Waals surface area contributed by atoms with Gasteiger partial charge in [0.05, 0.1) is 6.42 Å². The first kappa shape index (κ1) is 21.9. The Labute approximate surface area is 151 Å². The van der Waals surface area contributed by atoms with Crippen molar-refractivity contribution in [2.75, 3.05) is 0 Å². The maximum atomic E-state index is 11.9. The highest BCUT2D eigenvalue weighted by Crippen LogP contribution is 2.27. The third-order valence-corrected chi connectivity index (χ3v) is 3.64. The summed E-state index contributed by atoms with van der Waals surface area (Å²) in [6.45, 7) is 5.13. The van der Waals surface area contributed by atoms with Gasteiger partial charge in [-0.1, -0.05) is 20.8 Å². The lowest BCUT2D eigenvalue weighted by atomic mass is 10.0. The van der Waals surface area contributed by atoms with E-state index in [4.69, 9.17) is 18.9 Å². The molecule has 0 spiro atoms. The Morgan fingerprint density at radius 2 is 1.50 bits per heavy atom. The topological polar surface area (TPSA) is 125 Å². The largest absolute Gasteiger partial charge is 0.479 e. The summed E-state index contributed by atoms with van der Waals surface area (Å²) in [6.07, 6.45) is -3.94. The monoisotopic (exact) mass is 374 g/mol. The van der Waals surface area contributed by atoms with Crippen molar-refractivity contribution >= 4 is 23.9 Å². The Hall–Kier alpha value is -2.16. The van der Waals surface area contributed by atoms with Crippen molar-refractivity contribution < 1.29 is 43.2 Å². The molecule has 148 valence electrons. The molecule has 1 fully saturated rings. The van der Waals surface area contributed by atoms with Gasteiger partial charge >= 0.3 is 23.9 Å². The highest BCUT2D eigenvalue weighted by Gasteiger charge is 2.48. The van der Waals surface area contributed by atoms with Crippen molar-refractivity contribution in [1.29, 1.82) is 0 Å². The van der Waals surface area contributed by atoms with Crippen molar-refractivity contribution in [3.63, 3.8) is 0 Å². The van der Waals surface area contributed by atoms with E-state index in [1.807, 2.05) is 0 Å². The number of carbonyl (C=O) groups excluding carboxylic acids is 3. The summed E-state index contributed by atoms with van der Waals surface area (Å²) in [5.41, 5.74) is 0. The zero-order chi connectivity index (χ0) is 19.7. The molecule has 4 atom stereocenters. The van der Waals surface area contributed by atoms with E-state index < -0.39 is 48.5 Å². The third kappa shape index (κ3) is 6.62. The first-order chi connectivity index (χ1) is 12.3. The second-order valence-corrected chi connectivity index (χ2v) is 5.89. The number of carbonyl (C=O) groups is 4. The molecule has 1 aliphatic heterocycles. The maximum Gasteiger partial charge on any atom is 0.337 e. The van der Waals surface area contributed by atoms with E-state index in [2.05, 4.69) is 0 Å². The van der Waals surface area contributed by atoms with Gasteiger partial charge in [-0.3, -0.25) is 14.4 Å². The molecule has 0 aromatic carbocycles. The zero-order valence-corrected chi connectivity index (χ0v) is 15.3. The molecule has 0 bridgehead atoms. The van der Waals surface area contributed by atoms with Gasteiger partial charge in [-0.2, -0.15) is 0 Å². The van der Waals surface area contributed by atoms with Crippen LogP contribution in [0.2, 0.25) is 0 Å². The molecule has 0 saturated carbocycles. The minimum atomic E-state index is -1.61. The number of hydrogen-bond acceptors (Lipinski definition) is 8. The van der Waals surface area contributed by atoms with Crippen LogP contribution in [0.5, 0.6) is 0 Å². The smallest absolute Gasteiger partial charge is 0.337 e. The molecule has 0 amide bonds. The lowest BCUT2D eigenvalue weighted by Crippen LogP contribution is -2.55. The Morgan fingerprint density at radius 1 is 0.923 bits per heavy atom. The van der Waals surface area contributed by atoms with Crippen LogP contribution >= 0.6 is 0 Å². The fraction of sp³-hybridized carbons (Fsp3) is 0.765. The third-order valence-electron chi connectivity index (χ3n) is 3.64. The van der Waals surface area contributed by atoms with Gasteiger partial charge in [0.15, 0.2) is 12.2 Å². The molecule has 9 heteroatoms. The summed E-state index contributed by atoms with van der Waals surface area (Å²) in [7, 11) is 0. The molecule has 26 heavy (non-hydrogen) atoms. The van der Waals surface area contributed by atoms with Gasteiger partial charge in [-0.25, -0.2) is 4.79 Å². The van der Waals surface area contributed by atoms with Crippen molar-refractivity contribution in [2.24, 2.45) is 0 Å². The van der Waals surface area contributed by atoms with E-state index in [0.29, 0.717) is 12.8 Å². The van der Waals surface area contributed by atoms with Crippen LogP contribution in [0, 0.1) is 0 Å². The summed E-state index contributed by atoms with van der Waals surface area (Å²) in [6, 6.07) is 0. The molecule has 3 unspecified atom stereocenters. The SMILES string of the molecule is CCCC(=O)OC1CC(OC(=O)CCC)[C@H](OC(=O)CC)C(C(=O)O)O1. The van der Waals surface area contributed by atoms with Gasteiger partial charge in [-0.05, 0) is 12.8 Å². The summed E-state index contributed by atoms with van der Waals surface area (Å²) in [5.74, 6) is -3.17. The lowest BCUT2D eigenvalue weighted by molar-refractivity contribution is -0.256. The molecule has 1 aliphatic rings. The standard InChI is InChI=1S/C17H26O9/c1-4-7-12(19)23-10-9-14(24-13(20)8-5-2)26-16(17(21)22)15(10)25-11(18)6-3/h10,14-16H,4-9H2,1-3H3,(H,21,22)/t10?,14?,15-,16?/m0/s1. The van der Waals surface area contributed by atoms with E-state index in [1.165, 1.54) is 0 Å². The maximum absolute atomic E-state index is 11.9. The molecule has 0 aromatic heterocycles. The van der Waals surface area contributed by atoms with Crippen molar-refractivity contribution in [2.45, 2.75) is 83.9 Å². The highest BCUT2D eigenvalue weighted by molar-refractivity contribution is 5.76. The van der Waals surface area contributed by atoms with Gasteiger partial charge in [0, 0.05) is 19.3 Å². The van der Waals surface area contributed by atoms with Gasteiger partial charge < -0.3 is 24.1 Å². The minimum absolute atomic E-state index is 0.0212. The number of hydrogen-bond donors (Lipinski definition) is 1. The van der Waals surface area contributed by atoms with Crippen molar-refractivity contribution in [3.05, 3.63) is 0 Å². The Morgan fingerprint density at radius 3 is 2.00 bits per heavy atom. The van der Waals surface area contributed by atoms with Crippen LogP contribution in [0.15, 0.2) is 0 Å². The number of ether oxygens (including phenoxy) is 4. The number of rotatable bonds is 9. The van der Waals surface area contributed by atoms with Crippen molar-refractivity contribution in [3.8, 4) is 0 Å². The summed E-state index contributed by atoms with van der Waals surface area (Å²) in [5, 5.41) is 9.41. The molecule has 1 N–H and O–H groups in total. The Bertz CT molecular complexity index is 516. The molecular formula is C17H26O9. The van der Waals surface area contributed by atoms with Gasteiger partial charge in [0.2, 0.25) is 6.29 Å². The number of carboxylic acids is 1. The fourth-order valence-corrected chi connectivity index (χ4v) is 2.42. The van der Waals surface area contributed by atoms with Gasteiger partial charge in [-0.15, -0.1) is 0 Å². The highest BCUT2D eigenvalue weighted by atomic mass is 16.7. The number of aliphatic carboxylic acids is 1. The quantitative estimate of drug-likeness (QED) is 0.472. The average molecular weight is 374 g/mol. The zero-order valence-electron chi connectivity index (χ0n) is 15.3. The molecule has 0 aromatic rings. The van der Waals surface area contributed by atoms with E-state index >= 15 is 0 Å². The van der Waals surface area contributed by atoms with Crippen LogP contribution in [0.4, 0.5) is 0 Å². The predicted molar refractivity (Wildman–Crippen MR) is 86.9 cm³/mol.